The molecular weight excluding hydrogens is 294 g/mol. The predicted molar refractivity (Wildman–Crippen MR) is 88.9 cm³/mol. The molecular formula is C17H15N3O3. The first-order valence-corrected chi connectivity index (χ1v) is 7.23. The van der Waals surface area contributed by atoms with Crippen LogP contribution in [0.1, 0.15) is 17.3 Å². The maximum Gasteiger partial charge on any atom is 0.328 e. The van der Waals surface area contributed by atoms with Gasteiger partial charge in [0, 0.05) is 17.8 Å². The van der Waals surface area contributed by atoms with Gasteiger partial charge in [-0.3, -0.25) is 14.2 Å². The van der Waals surface area contributed by atoms with Crippen LogP contribution < -0.4 is 16.6 Å². The minimum absolute atomic E-state index is 0.292. The summed E-state index contributed by atoms with van der Waals surface area (Å²) in [5, 5.41) is 3.14. The molecule has 2 aromatic carbocycles. The molecule has 0 aliphatic heterocycles. The lowest BCUT2D eigenvalue weighted by atomic mass is 10.1. The third-order valence-corrected chi connectivity index (χ3v) is 3.59. The second-order valence-corrected chi connectivity index (χ2v) is 5.06. The van der Waals surface area contributed by atoms with Crippen LogP contribution in [0.15, 0.2) is 58.1 Å². The molecule has 116 valence electrons. The molecule has 1 aromatic heterocycles. The molecule has 2 N–H and O–H groups in total. The molecule has 3 aromatic rings. The Bertz CT molecular complexity index is 987. The number of hydrogen-bond acceptors (Lipinski definition) is 3. The Morgan fingerprint density at radius 3 is 2.57 bits per heavy atom. The number of para-hydroxylation sites is 1. The van der Waals surface area contributed by atoms with Crippen molar-refractivity contribution in [3.05, 3.63) is 74.9 Å². The predicted octanol–water partition coefficient (Wildman–Crippen LogP) is 1.96. The zero-order chi connectivity index (χ0) is 16.4. The maximum atomic E-state index is 12.3. The Kier molecular flexibility index (Phi) is 3.80. The maximum absolute atomic E-state index is 12.3. The number of carbonyl (C=O) groups is 1. The molecule has 0 bridgehead atoms. The summed E-state index contributed by atoms with van der Waals surface area (Å²) in [5.41, 5.74) is 0.551. The monoisotopic (exact) mass is 309 g/mol. The van der Waals surface area contributed by atoms with Gasteiger partial charge in [0.2, 0.25) is 0 Å². The standard InChI is InChI=1S/C17H15N3O3/c1-2-20-16(22)13-9-8-11(10-14(13)19-17(20)23)15(21)18-12-6-4-3-5-7-12/h3-10H,2H2,1H3,(H,18,21)(H,19,23). The lowest BCUT2D eigenvalue weighted by Crippen LogP contribution is -2.34. The SMILES string of the molecule is CCn1c(=O)[nH]c2cc(C(=O)Nc3ccccc3)ccc2c1=O. The van der Waals surface area contributed by atoms with Gasteiger partial charge in [0.1, 0.15) is 0 Å². The molecule has 6 heteroatoms. The molecule has 0 spiro atoms. The summed E-state index contributed by atoms with van der Waals surface area (Å²) < 4.78 is 1.12. The van der Waals surface area contributed by atoms with Gasteiger partial charge < -0.3 is 10.3 Å². The summed E-state index contributed by atoms with van der Waals surface area (Å²) in [4.78, 5) is 39.0. The first kappa shape index (κ1) is 14.8. The van der Waals surface area contributed by atoms with E-state index in [-0.39, 0.29) is 11.5 Å². The molecule has 3 rings (SSSR count). The van der Waals surface area contributed by atoms with Crippen molar-refractivity contribution in [2.45, 2.75) is 13.5 Å². The van der Waals surface area contributed by atoms with E-state index in [2.05, 4.69) is 10.3 Å². The molecule has 6 nitrogen and oxygen atoms in total. The van der Waals surface area contributed by atoms with Gasteiger partial charge in [0.25, 0.3) is 11.5 Å². The van der Waals surface area contributed by atoms with Gasteiger partial charge in [0.15, 0.2) is 0 Å². The van der Waals surface area contributed by atoms with Gasteiger partial charge in [0.05, 0.1) is 10.9 Å². The van der Waals surface area contributed by atoms with E-state index in [4.69, 9.17) is 0 Å². The van der Waals surface area contributed by atoms with Crippen LogP contribution in [0, 0.1) is 0 Å². The van der Waals surface area contributed by atoms with E-state index in [0.717, 1.165) is 4.57 Å². The van der Waals surface area contributed by atoms with Crippen LogP contribution >= 0.6 is 0 Å². The number of carbonyl (C=O) groups excluding carboxylic acids is 1. The van der Waals surface area contributed by atoms with E-state index in [9.17, 15) is 14.4 Å². The van der Waals surface area contributed by atoms with Crippen molar-refractivity contribution < 1.29 is 4.79 Å². The molecule has 0 unspecified atom stereocenters. The van der Waals surface area contributed by atoms with Crippen molar-refractivity contribution in [2.75, 3.05) is 5.32 Å². The Balaban J connectivity index is 2.02. The van der Waals surface area contributed by atoms with E-state index in [1.165, 1.54) is 6.07 Å². The second kappa shape index (κ2) is 5.92. The number of nitrogens with one attached hydrogen (secondary N) is 2. The third kappa shape index (κ3) is 2.78. The smallest absolute Gasteiger partial charge is 0.322 e. The molecule has 0 aliphatic carbocycles. The Labute approximate surface area is 131 Å². The average molecular weight is 309 g/mol. The number of aromatic nitrogens is 2. The van der Waals surface area contributed by atoms with Crippen LogP contribution in [0.2, 0.25) is 0 Å². The molecule has 0 radical (unpaired) electrons. The number of nitrogens with zero attached hydrogens (tertiary/aromatic N) is 1. The normalized spacial score (nSPS) is 10.7. The number of rotatable bonds is 3. The molecule has 0 saturated carbocycles. The Morgan fingerprint density at radius 1 is 1.13 bits per heavy atom. The summed E-state index contributed by atoms with van der Waals surface area (Å²) in [6.45, 7) is 2.02. The fourth-order valence-corrected chi connectivity index (χ4v) is 2.41. The minimum atomic E-state index is -0.481. The molecule has 0 aliphatic rings. The van der Waals surface area contributed by atoms with Crippen LogP contribution in [-0.2, 0) is 6.54 Å². The number of aromatic amines is 1. The first-order chi connectivity index (χ1) is 11.1. The number of amides is 1. The van der Waals surface area contributed by atoms with Crippen molar-refractivity contribution in [3.63, 3.8) is 0 Å². The summed E-state index contributed by atoms with van der Waals surface area (Å²) >= 11 is 0. The molecule has 0 saturated heterocycles. The molecule has 1 amide bonds. The summed E-state index contributed by atoms with van der Waals surface area (Å²) in [7, 11) is 0. The van der Waals surface area contributed by atoms with E-state index in [1.807, 2.05) is 18.2 Å². The highest BCUT2D eigenvalue weighted by molar-refractivity contribution is 6.06. The number of anilines is 1. The van der Waals surface area contributed by atoms with Crippen molar-refractivity contribution in [3.8, 4) is 0 Å². The van der Waals surface area contributed by atoms with Crippen molar-refractivity contribution >= 4 is 22.5 Å². The topological polar surface area (TPSA) is 84.0 Å². The van der Waals surface area contributed by atoms with Gasteiger partial charge in [-0.2, -0.15) is 0 Å². The van der Waals surface area contributed by atoms with Gasteiger partial charge in [-0.25, -0.2) is 4.79 Å². The van der Waals surface area contributed by atoms with Crippen molar-refractivity contribution in [2.24, 2.45) is 0 Å². The number of fused-ring (bicyclic) bond motifs is 1. The van der Waals surface area contributed by atoms with Gasteiger partial charge in [-0.1, -0.05) is 18.2 Å². The van der Waals surface area contributed by atoms with E-state index in [0.29, 0.717) is 28.7 Å². The highest BCUT2D eigenvalue weighted by atomic mass is 16.2. The van der Waals surface area contributed by atoms with Crippen LogP contribution in [0.25, 0.3) is 10.9 Å². The average Bonchev–Trinajstić information content (AvgIpc) is 2.55. The fraction of sp³-hybridized carbons (Fsp3) is 0.118. The summed E-state index contributed by atoms with van der Waals surface area (Å²) in [6.07, 6.45) is 0. The lowest BCUT2D eigenvalue weighted by Gasteiger charge is -2.07. The second-order valence-electron chi connectivity index (χ2n) is 5.06. The highest BCUT2D eigenvalue weighted by Crippen LogP contribution is 2.12. The van der Waals surface area contributed by atoms with Crippen LogP contribution in [0.4, 0.5) is 5.69 Å². The van der Waals surface area contributed by atoms with Crippen molar-refractivity contribution in [1.82, 2.24) is 9.55 Å². The molecule has 0 atom stereocenters. The minimum Gasteiger partial charge on any atom is -0.322 e. The number of hydrogen-bond donors (Lipinski definition) is 2. The molecule has 1 heterocycles. The van der Waals surface area contributed by atoms with Gasteiger partial charge in [-0.15, -0.1) is 0 Å². The summed E-state index contributed by atoms with van der Waals surface area (Å²) in [5.74, 6) is -0.307. The van der Waals surface area contributed by atoms with Crippen molar-refractivity contribution in [1.29, 1.82) is 0 Å². The summed E-state index contributed by atoms with van der Waals surface area (Å²) in [6, 6.07) is 13.7. The van der Waals surface area contributed by atoms with E-state index in [1.54, 1.807) is 31.2 Å². The van der Waals surface area contributed by atoms with Gasteiger partial charge >= 0.3 is 5.69 Å². The van der Waals surface area contributed by atoms with Crippen LogP contribution in [-0.4, -0.2) is 15.5 Å². The first-order valence-electron chi connectivity index (χ1n) is 7.23. The van der Waals surface area contributed by atoms with E-state index >= 15 is 0 Å². The zero-order valence-electron chi connectivity index (χ0n) is 12.5. The highest BCUT2D eigenvalue weighted by Gasteiger charge is 2.10. The fourth-order valence-electron chi connectivity index (χ4n) is 2.41. The number of H-pyrrole nitrogens is 1. The zero-order valence-corrected chi connectivity index (χ0v) is 12.5. The lowest BCUT2D eigenvalue weighted by molar-refractivity contribution is 0.102. The Morgan fingerprint density at radius 2 is 1.87 bits per heavy atom. The number of benzene rings is 2. The van der Waals surface area contributed by atoms with Crippen LogP contribution in [0.3, 0.4) is 0 Å². The Hall–Kier alpha value is -3.15. The largest absolute Gasteiger partial charge is 0.328 e. The van der Waals surface area contributed by atoms with Gasteiger partial charge in [-0.05, 0) is 37.3 Å². The quantitative estimate of drug-likeness (QED) is 0.775. The molecule has 0 fully saturated rings. The molecule has 23 heavy (non-hydrogen) atoms. The third-order valence-electron chi connectivity index (χ3n) is 3.59. The van der Waals surface area contributed by atoms with Crippen LogP contribution in [0.5, 0.6) is 0 Å². The van der Waals surface area contributed by atoms with E-state index < -0.39 is 5.69 Å².